The van der Waals surface area contributed by atoms with Gasteiger partial charge in [0.15, 0.2) is 0 Å². The van der Waals surface area contributed by atoms with E-state index in [9.17, 15) is 13.2 Å². The molecule has 0 saturated heterocycles. The molecule has 1 unspecified atom stereocenters. The van der Waals surface area contributed by atoms with Crippen molar-refractivity contribution in [2.75, 3.05) is 6.54 Å². The first-order chi connectivity index (χ1) is 12.2. The second kappa shape index (κ2) is 9.00. The molecule has 0 radical (unpaired) electrons. The molecule has 0 heterocycles. The number of sulfonamides is 1. The molecule has 0 bridgehead atoms. The van der Waals surface area contributed by atoms with Gasteiger partial charge in [-0.25, -0.2) is 13.1 Å². The average molecular weight is 382 g/mol. The van der Waals surface area contributed by atoms with E-state index in [1.165, 1.54) is 5.56 Å². The molecule has 1 aromatic carbocycles. The quantitative estimate of drug-likeness (QED) is 0.721. The van der Waals surface area contributed by atoms with Gasteiger partial charge in [-0.3, -0.25) is 4.79 Å². The monoisotopic (exact) mass is 381 g/mol. The Balaban J connectivity index is 1.83. The largest absolute Gasteiger partial charge is 0.481 e. The number of rotatable bonds is 8. The summed E-state index contributed by atoms with van der Waals surface area (Å²) in [4.78, 5) is 10.8. The maximum absolute atomic E-state index is 11.9. The van der Waals surface area contributed by atoms with Gasteiger partial charge in [-0.05, 0) is 68.4 Å². The Morgan fingerprint density at radius 2 is 1.69 bits per heavy atom. The van der Waals surface area contributed by atoms with E-state index in [1.54, 1.807) is 13.8 Å². The summed E-state index contributed by atoms with van der Waals surface area (Å²) < 4.78 is 26.5. The van der Waals surface area contributed by atoms with Crippen LogP contribution in [0.25, 0.3) is 0 Å². The van der Waals surface area contributed by atoms with E-state index in [1.807, 2.05) is 12.1 Å². The van der Waals surface area contributed by atoms with Crippen LogP contribution in [0.5, 0.6) is 0 Å². The average Bonchev–Trinajstić information content (AvgIpc) is 2.60. The Morgan fingerprint density at radius 3 is 2.19 bits per heavy atom. The van der Waals surface area contributed by atoms with E-state index in [0.29, 0.717) is 24.3 Å². The molecule has 0 aromatic heterocycles. The van der Waals surface area contributed by atoms with E-state index >= 15 is 0 Å². The molecule has 2 N–H and O–H groups in total. The van der Waals surface area contributed by atoms with Gasteiger partial charge in [-0.2, -0.15) is 0 Å². The fourth-order valence-corrected chi connectivity index (χ4v) is 4.51. The number of hydrogen-bond acceptors (Lipinski definition) is 3. The minimum absolute atomic E-state index is 0.0663. The molecule has 1 aliphatic rings. The lowest BCUT2D eigenvalue weighted by Gasteiger charge is -2.32. The molecule has 1 aliphatic carbocycles. The van der Waals surface area contributed by atoms with Crippen molar-refractivity contribution in [3.05, 3.63) is 35.4 Å². The molecule has 0 spiro atoms. The van der Waals surface area contributed by atoms with Gasteiger partial charge in [0.25, 0.3) is 0 Å². The van der Waals surface area contributed by atoms with Crippen molar-refractivity contribution in [2.45, 2.75) is 64.0 Å². The fourth-order valence-electron chi connectivity index (χ4n) is 3.68. The molecule has 26 heavy (non-hydrogen) atoms. The Labute approximate surface area is 157 Å². The van der Waals surface area contributed by atoms with Crippen LogP contribution in [0, 0.1) is 11.8 Å². The highest BCUT2D eigenvalue weighted by Gasteiger charge is 2.27. The molecule has 1 atom stereocenters. The van der Waals surface area contributed by atoms with Crippen LogP contribution in [-0.4, -0.2) is 31.3 Å². The van der Waals surface area contributed by atoms with Crippen molar-refractivity contribution in [3.8, 4) is 0 Å². The third kappa shape index (κ3) is 5.81. The summed E-state index contributed by atoms with van der Waals surface area (Å²) in [5, 5.41) is 8.45. The summed E-state index contributed by atoms with van der Waals surface area (Å²) in [6.45, 7) is 6.04. The highest BCUT2D eigenvalue weighted by molar-refractivity contribution is 7.90. The highest BCUT2D eigenvalue weighted by Crippen LogP contribution is 2.38. The minimum Gasteiger partial charge on any atom is -0.481 e. The predicted octanol–water partition coefficient (Wildman–Crippen LogP) is 3.55. The van der Waals surface area contributed by atoms with Crippen molar-refractivity contribution >= 4 is 16.0 Å². The number of carboxylic acids is 1. The topological polar surface area (TPSA) is 83.5 Å². The first kappa shape index (κ1) is 20.9. The zero-order valence-electron chi connectivity index (χ0n) is 15.9. The zero-order valence-corrected chi connectivity index (χ0v) is 16.8. The van der Waals surface area contributed by atoms with Crippen molar-refractivity contribution in [1.29, 1.82) is 0 Å². The Morgan fingerprint density at radius 1 is 1.12 bits per heavy atom. The summed E-state index contributed by atoms with van der Waals surface area (Å²) in [7, 11) is -3.19. The van der Waals surface area contributed by atoms with Crippen molar-refractivity contribution < 1.29 is 18.3 Å². The first-order valence-electron chi connectivity index (χ1n) is 9.48. The van der Waals surface area contributed by atoms with Crippen molar-refractivity contribution in [2.24, 2.45) is 11.8 Å². The van der Waals surface area contributed by atoms with Crippen molar-refractivity contribution in [3.63, 3.8) is 0 Å². The molecular formula is C20H31NO4S. The second-order valence-corrected chi connectivity index (χ2v) is 10.2. The van der Waals surface area contributed by atoms with Gasteiger partial charge < -0.3 is 5.11 Å². The van der Waals surface area contributed by atoms with Crippen LogP contribution in [-0.2, 0) is 21.2 Å². The van der Waals surface area contributed by atoms with Gasteiger partial charge in [-0.1, -0.05) is 31.2 Å². The summed E-state index contributed by atoms with van der Waals surface area (Å²) >= 11 is 0. The SMILES string of the molecule is CC(CNS(=O)(=O)C(C)C)C1CCC(c2ccc(CC(=O)O)cc2)CC1. The van der Waals surface area contributed by atoms with Crippen LogP contribution in [0.2, 0.25) is 0 Å². The van der Waals surface area contributed by atoms with Crippen LogP contribution in [0.1, 0.15) is 63.5 Å². The lowest BCUT2D eigenvalue weighted by Crippen LogP contribution is -2.36. The van der Waals surface area contributed by atoms with Crippen LogP contribution in [0.4, 0.5) is 0 Å². The summed E-state index contributed by atoms with van der Waals surface area (Å²) in [5.74, 6) is 0.597. The number of hydrogen-bond donors (Lipinski definition) is 2. The van der Waals surface area contributed by atoms with E-state index in [2.05, 4.69) is 23.8 Å². The summed E-state index contributed by atoms with van der Waals surface area (Å²) in [5.41, 5.74) is 2.12. The predicted molar refractivity (Wildman–Crippen MR) is 104 cm³/mol. The number of carboxylic acid groups (broad SMARTS) is 1. The lowest BCUT2D eigenvalue weighted by atomic mass is 9.74. The van der Waals surface area contributed by atoms with Crippen LogP contribution < -0.4 is 4.72 Å². The molecule has 0 amide bonds. The summed E-state index contributed by atoms with van der Waals surface area (Å²) in [6.07, 6.45) is 4.48. The third-order valence-electron chi connectivity index (χ3n) is 5.61. The molecule has 1 fully saturated rings. The van der Waals surface area contributed by atoms with Gasteiger partial charge >= 0.3 is 5.97 Å². The van der Waals surface area contributed by atoms with Gasteiger partial charge in [-0.15, -0.1) is 0 Å². The zero-order chi connectivity index (χ0) is 19.3. The Hall–Kier alpha value is -1.40. The maximum atomic E-state index is 11.9. The molecule has 6 heteroatoms. The minimum atomic E-state index is -3.19. The molecule has 1 saturated carbocycles. The molecular weight excluding hydrogens is 350 g/mol. The third-order valence-corrected chi connectivity index (χ3v) is 7.42. The second-order valence-electron chi connectivity index (χ2n) is 7.84. The van der Waals surface area contributed by atoms with Crippen LogP contribution >= 0.6 is 0 Å². The first-order valence-corrected chi connectivity index (χ1v) is 11.0. The van der Waals surface area contributed by atoms with E-state index in [4.69, 9.17) is 5.11 Å². The number of nitrogens with one attached hydrogen (secondary N) is 1. The van der Waals surface area contributed by atoms with Gasteiger partial charge in [0.05, 0.1) is 11.7 Å². The van der Waals surface area contributed by atoms with E-state index in [0.717, 1.165) is 31.2 Å². The summed E-state index contributed by atoms with van der Waals surface area (Å²) in [6, 6.07) is 7.95. The van der Waals surface area contributed by atoms with Gasteiger partial charge in [0, 0.05) is 6.54 Å². The van der Waals surface area contributed by atoms with Crippen LogP contribution in [0.15, 0.2) is 24.3 Å². The van der Waals surface area contributed by atoms with E-state index < -0.39 is 21.2 Å². The number of benzene rings is 1. The Kier molecular flexibility index (Phi) is 7.24. The molecule has 0 aliphatic heterocycles. The van der Waals surface area contributed by atoms with Gasteiger partial charge in [0.2, 0.25) is 10.0 Å². The molecule has 146 valence electrons. The van der Waals surface area contributed by atoms with Crippen LogP contribution in [0.3, 0.4) is 0 Å². The number of aliphatic carboxylic acids is 1. The lowest BCUT2D eigenvalue weighted by molar-refractivity contribution is -0.136. The molecule has 5 nitrogen and oxygen atoms in total. The molecule has 2 rings (SSSR count). The standard InChI is InChI=1S/C20H31NO4S/c1-14(2)26(24,25)21-13-15(3)17-8-10-19(11-9-17)18-6-4-16(5-7-18)12-20(22)23/h4-7,14-15,17,19,21H,8-13H2,1-3H3,(H,22,23). The van der Waals surface area contributed by atoms with Crippen molar-refractivity contribution in [1.82, 2.24) is 4.72 Å². The molecule has 1 aromatic rings. The van der Waals surface area contributed by atoms with E-state index in [-0.39, 0.29) is 6.42 Å². The Bertz CT molecular complexity index is 689. The highest BCUT2D eigenvalue weighted by atomic mass is 32.2. The smallest absolute Gasteiger partial charge is 0.307 e. The number of carbonyl (C=O) groups is 1. The maximum Gasteiger partial charge on any atom is 0.307 e. The van der Waals surface area contributed by atoms with Gasteiger partial charge in [0.1, 0.15) is 0 Å². The fraction of sp³-hybridized carbons (Fsp3) is 0.650. The normalized spacial score (nSPS) is 22.3.